The summed E-state index contributed by atoms with van der Waals surface area (Å²) in [6, 6.07) is 0.549. The smallest absolute Gasteiger partial charge is 0.0558 e. The molecule has 2 N–H and O–H groups in total. The summed E-state index contributed by atoms with van der Waals surface area (Å²) < 4.78 is 0. The molecule has 0 aromatic carbocycles. The average Bonchev–Trinajstić information content (AvgIpc) is 2.56. The van der Waals surface area contributed by atoms with Gasteiger partial charge in [-0.25, -0.2) is 0 Å². The minimum absolute atomic E-state index is 0.276. The van der Waals surface area contributed by atoms with Crippen molar-refractivity contribution in [2.75, 3.05) is 32.8 Å². The highest BCUT2D eigenvalue weighted by molar-refractivity contribution is 4.76. The molecule has 0 spiro atoms. The molecule has 1 fully saturated rings. The number of hydrogen-bond donors (Lipinski definition) is 2. The predicted octanol–water partition coefficient (Wildman–Crippen LogP) is 0.299. The van der Waals surface area contributed by atoms with Gasteiger partial charge < -0.3 is 10.4 Å². The molecular formula is C10H22N2O. The molecule has 0 bridgehead atoms. The minimum atomic E-state index is 0.276. The maximum atomic E-state index is 8.90. The van der Waals surface area contributed by atoms with E-state index in [9.17, 15) is 0 Å². The summed E-state index contributed by atoms with van der Waals surface area (Å²) in [7, 11) is 0. The highest BCUT2D eigenvalue weighted by atomic mass is 16.3. The van der Waals surface area contributed by atoms with Crippen molar-refractivity contribution in [1.82, 2.24) is 10.2 Å². The maximum absolute atomic E-state index is 8.90. The van der Waals surface area contributed by atoms with Gasteiger partial charge in [0, 0.05) is 19.1 Å². The van der Waals surface area contributed by atoms with Crippen LogP contribution in [0.5, 0.6) is 0 Å². The molecule has 1 heterocycles. The van der Waals surface area contributed by atoms with Crippen LogP contribution in [0.25, 0.3) is 0 Å². The van der Waals surface area contributed by atoms with Gasteiger partial charge in [-0.15, -0.1) is 0 Å². The highest BCUT2D eigenvalue weighted by Gasteiger charge is 2.19. The van der Waals surface area contributed by atoms with Crippen LogP contribution in [-0.2, 0) is 0 Å². The first-order chi connectivity index (χ1) is 6.24. The second-order valence-corrected chi connectivity index (χ2v) is 4.17. The van der Waals surface area contributed by atoms with E-state index in [1.54, 1.807) is 0 Å². The maximum Gasteiger partial charge on any atom is 0.0558 e. The second kappa shape index (κ2) is 5.58. The number of aliphatic hydroxyl groups is 1. The van der Waals surface area contributed by atoms with E-state index >= 15 is 0 Å². The molecule has 0 aliphatic carbocycles. The zero-order valence-corrected chi connectivity index (χ0v) is 8.79. The fourth-order valence-corrected chi connectivity index (χ4v) is 1.89. The van der Waals surface area contributed by atoms with Gasteiger partial charge in [0.15, 0.2) is 0 Å². The molecule has 1 rings (SSSR count). The summed E-state index contributed by atoms with van der Waals surface area (Å²) >= 11 is 0. The Morgan fingerprint density at radius 1 is 1.54 bits per heavy atom. The van der Waals surface area contributed by atoms with E-state index in [0.717, 1.165) is 32.1 Å². The first kappa shape index (κ1) is 11.0. The number of rotatable bonds is 5. The van der Waals surface area contributed by atoms with E-state index < -0.39 is 0 Å². The zero-order chi connectivity index (χ0) is 9.68. The molecule has 13 heavy (non-hydrogen) atoms. The molecule has 3 nitrogen and oxygen atoms in total. The van der Waals surface area contributed by atoms with Crippen LogP contribution in [0.3, 0.4) is 0 Å². The monoisotopic (exact) mass is 186 g/mol. The number of nitrogens with one attached hydrogen (secondary N) is 1. The van der Waals surface area contributed by atoms with Crippen LogP contribution >= 0.6 is 0 Å². The number of hydrogen-bond acceptors (Lipinski definition) is 3. The van der Waals surface area contributed by atoms with Gasteiger partial charge in [-0.2, -0.15) is 0 Å². The van der Waals surface area contributed by atoms with Gasteiger partial charge in [-0.3, -0.25) is 4.90 Å². The van der Waals surface area contributed by atoms with Gasteiger partial charge in [0.2, 0.25) is 0 Å². The Bertz CT molecular complexity index is 133. The molecule has 1 aliphatic heterocycles. The zero-order valence-electron chi connectivity index (χ0n) is 8.79. The molecule has 0 radical (unpaired) electrons. The van der Waals surface area contributed by atoms with E-state index in [4.69, 9.17) is 5.11 Å². The van der Waals surface area contributed by atoms with Crippen molar-refractivity contribution in [3.05, 3.63) is 0 Å². The van der Waals surface area contributed by atoms with Crippen molar-refractivity contribution in [3.8, 4) is 0 Å². The van der Waals surface area contributed by atoms with E-state index in [2.05, 4.69) is 24.1 Å². The van der Waals surface area contributed by atoms with Gasteiger partial charge in [-0.1, -0.05) is 0 Å². The lowest BCUT2D eigenvalue weighted by atomic mass is 10.1. The lowest BCUT2D eigenvalue weighted by Crippen LogP contribution is -2.38. The normalized spacial score (nSPS) is 23.3. The Hall–Kier alpha value is -0.120. The van der Waals surface area contributed by atoms with Crippen LogP contribution in [0.1, 0.15) is 20.3 Å². The molecule has 1 unspecified atom stereocenters. The molecule has 78 valence electrons. The predicted molar refractivity (Wildman–Crippen MR) is 54.8 cm³/mol. The summed E-state index contributed by atoms with van der Waals surface area (Å²) in [6.45, 7) is 8.91. The quantitative estimate of drug-likeness (QED) is 0.648. The van der Waals surface area contributed by atoms with Gasteiger partial charge in [0.25, 0.3) is 0 Å². The van der Waals surface area contributed by atoms with E-state index in [1.165, 1.54) is 6.42 Å². The first-order valence-corrected chi connectivity index (χ1v) is 5.29. The molecule has 1 aliphatic rings. The Morgan fingerprint density at radius 2 is 2.31 bits per heavy atom. The molecule has 1 atom stereocenters. The van der Waals surface area contributed by atoms with Gasteiger partial charge in [-0.05, 0) is 39.3 Å². The molecule has 3 heteroatoms. The van der Waals surface area contributed by atoms with Gasteiger partial charge in [0.05, 0.1) is 6.61 Å². The fraction of sp³-hybridized carbons (Fsp3) is 1.00. The van der Waals surface area contributed by atoms with Crippen LogP contribution in [0.4, 0.5) is 0 Å². The van der Waals surface area contributed by atoms with Crippen LogP contribution in [0, 0.1) is 5.92 Å². The largest absolute Gasteiger partial charge is 0.395 e. The summed E-state index contributed by atoms with van der Waals surface area (Å²) in [5.41, 5.74) is 0. The topological polar surface area (TPSA) is 35.5 Å². The first-order valence-electron chi connectivity index (χ1n) is 5.29. The molecule has 0 saturated carbocycles. The Labute approximate surface area is 81.1 Å². The van der Waals surface area contributed by atoms with Crippen molar-refractivity contribution in [2.24, 2.45) is 5.92 Å². The average molecular weight is 186 g/mol. The Balaban J connectivity index is 2.27. The van der Waals surface area contributed by atoms with Crippen LogP contribution in [0.15, 0.2) is 0 Å². The van der Waals surface area contributed by atoms with Crippen LogP contribution in [-0.4, -0.2) is 48.8 Å². The Kier molecular flexibility index (Phi) is 4.70. The second-order valence-electron chi connectivity index (χ2n) is 4.17. The molecule has 0 amide bonds. The number of aliphatic hydroxyl groups excluding tert-OH is 1. The lowest BCUT2D eigenvalue weighted by molar-refractivity contribution is 0.148. The minimum Gasteiger partial charge on any atom is -0.395 e. The summed E-state index contributed by atoms with van der Waals surface area (Å²) in [5.74, 6) is 0.786. The third-order valence-corrected chi connectivity index (χ3v) is 2.77. The van der Waals surface area contributed by atoms with Gasteiger partial charge >= 0.3 is 0 Å². The SMILES string of the molecule is CC(C)N(CCO)CC1CCNC1. The molecule has 0 aromatic heterocycles. The van der Waals surface area contributed by atoms with Gasteiger partial charge in [0.1, 0.15) is 0 Å². The third kappa shape index (κ3) is 3.63. The van der Waals surface area contributed by atoms with Crippen molar-refractivity contribution in [3.63, 3.8) is 0 Å². The standard InChI is InChI=1S/C10H22N2O/c1-9(2)12(5-6-13)8-10-3-4-11-7-10/h9-11,13H,3-8H2,1-2H3. The summed E-state index contributed by atoms with van der Waals surface area (Å²) in [5, 5.41) is 12.3. The Morgan fingerprint density at radius 3 is 2.77 bits per heavy atom. The highest BCUT2D eigenvalue weighted by Crippen LogP contribution is 2.11. The summed E-state index contributed by atoms with van der Waals surface area (Å²) in [4.78, 5) is 2.36. The van der Waals surface area contributed by atoms with Crippen molar-refractivity contribution < 1.29 is 5.11 Å². The number of nitrogens with zero attached hydrogens (tertiary/aromatic N) is 1. The fourth-order valence-electron chi connectivity index (χ4n) is 1.89. The lowest BCUT2D eigenvalue weighted by Gasteiger charge is -2.28. The molecule has 0 aromatic rings. The molecule has 1 saturated heterocycles. The summed E-state index contributed by atoms with van der Waals surface area (Å²) in [6.07, 6.45) is 1.29. The van der Waals surface area contributed by atoms with E-state index in [1.807, 2.05) is 0 Å². The van der Waals surface area contributed by atoms with E-state index in [0.29, 0.717) is 6.04 Å². The van der Waals surface area contributed by atoms with Crippen molar-refractivity contribution >= 4 is 0 Å². The van der Waals surface area contributed by atoms with Crippen molar-refractivity contribution in [1.29, 1.82) is 0 Å². The van der Waals surface area contributed by atoms with Crippen LogP contribution in [0.2, 0.25) is 0 Å². The van der Waals surface area contributed by atoms with Crippen molar-refractivity contribution in [2.45, 2.75) is 26.3 Å². The van der Waals surface area contributed by atoms with Crippen LogP contribution < -0.4 is 5.32 Å². The molecular weight excluding hydrogens is 164 g/mol. The van der Waals surface area contributed by atoms with E-state index in [-0.39, 0.29) is 6.61 Å². The third-order valence-electron chi connectivity index (χ3n) is 2.77.